The summed E-state index contributed by atoms with van der Waals surface area (Å²) in [5.74, 6) is -2.32. The number of carbonyl (C=O) groups excluding carboxylic acids is 3. The highest BCUT2D eigenvalue weighted by molar-refractivity contribution is 5.90. The van der Waals surface area contributed by atoms with E-state index in [1.807, 2.05) is 58.7 Å². The number of aromatic nitrogens is 1. The maximum absolute atomic E-state index is 13.1. The maximum atomic E-state index is 13.1. The molecule has 1 aliphatic heterocycles. The van der Waals surface area contributed by atoms with E-state index in [4.69, 9.17) is 4.98 Å². The Morgan fingerprint density at radius 3 is 2.35 bits per heavy atom. The molecule has 3 rings (SSSR count). The average molecular weight is 518 g/mol. The van der Waals surface area contributed by atoms with Gasteiger partial charge in [-0.1, -0.05) is 43.0 Å². The molecule has 3 amide bonds. The quantitative estimate of drug-likeness (QED) is 0.373. The fourth-order valence-corrected chi connectivity index (χ4v) is 4.00. The number of pyridine rings is 1. The van der Waals surface area contributed by atoms with Crippen LogP contribution in [0.25, 0.3) is 11.3 Å². The number of hydrogen-bond acceptors (Lipinski definition) is 5. The van der Waals surface area contributed by atoms with Crippen LogP contribution in [0.5, 0.6) is 0 Å². The fourth-order valence-electron chi connectivity index (χ4n) is 4.00. The summed E-state index contributed by atoms with van der Waals surface area (Å²) < 4.78 is 38.6. The lowest BCUT2D eigenvalue weighted by atomic mass is 10.1. The molecule has 1 saturated heterocycles. The van der Waals surface area contributed by atoms with Gasteiger partial charge in [0.2, 0.25) is 11.8 Å². The van der Waals surface area contributed by atoms with Gasteiger partial charge in [0.15, 0.2) is 0 Å². The fraction of sp³-hybridized carbons (Fsp3) is 0.385. The standard InChI is InChI=1S/C26H30F3N5O3/c1-2-23(35)30-14-7-6-11-21(32-25(37)26(27,28)29)24(36)34-17-15-33(16-18-34)22-13-8-12-20(31-22)19-9-4-3-5-10-19/h2-5,8-10,12-13,21H,1,6-7,11,14-18H2,(H,30,35)(H,32,37)/t21-/m0/s1. The van der Waals surface area contributed by atoms with Crippen LogP contribution in [0.2, 0.25) is 0 Å². The Bertz CT molecular complexity index is 1090. The van der Waals surface area contributed by atoms with Gasteiger partial charge in [0, 0.05) is 38.3 Å². The molecule has 11 heteroatoms. The first-order valence-electron chi connectivity index (χ1n) is 12.0. The molecule has 0 saturated carbocycles. The van der Waals surface area contributed by atoms with Gasteiger partial charge in [-0.25, -0.2) is 4.98 Å². The van der Waals surface area contributed by atoms with Crippen molar-refractivity contribution in [3.05, 3.63) is 61.2 Å². The number of benzene rings is 1. The number of alkyl halides is 3. The first-order chi connectivity index (χ1) is 17.7. The zero-order valence-electron chi connectivity index (χ0n) is 20.3. The van der Waals surface area contributed by atoms with Crippen LogP contribution in [0, 0.1) is 0 Å². The highest BCUT2D eigenvalue weighted by Crippen LogP contribution is 2.22. The van der Waals surface area contributed by atoms with Gasteiger partial charge in [0.25, 0.3) is 0 Å². The lowest BCUT2D eigenvalue weighted by Crippen LogP contribution is -2.56. The molecule has 2 N–H and O–H groups in total. The topological polar surface area (TPSA) is 94.6 Å². The van der Waals surface area contributed by atoms with E-state index in [0.717, 1.165) is 23.2 Å². The Morgan fingerprint density at radius 2 is 1.70 bits per heavy atom. The molecule has 0 spiro atoms. The van der Waals surface area contributed by atoms with Crippen LogP contribution in [-0.2, 0) is 14.4 Å². The normalized spacial score (nSPS) is 14.6. The van der Waals surface area contributed by atoms with Gasteiger partial charge in [0.05, 0.1) is 5.69 Å². The Labute approximate surface area is 213 Å². The van der Waals surface area contributed by atoms with Gasteiger partial charge in [-0.05, 0) is 37.5 Å². The SMILES string of the molecule is C=CC(=O)NCCCC[C@H](NC(=O)C(F)(F)F)C(=O)N1CCN(c2cccc(-c3ccccc3)n2)CC1. The van der Waals surface area contributed by atoms with Crippen LogP contribution < -0.4 is 15.5 Å². The van der Waals surface area contributed by atoms with E-state index in [2.05, 4.69) is 11.9 Å². The predicted molar refractivity (Wildman–Crippen MR) is 134 cm³/mol. The third-order valence-corrected chi connectivity index (χ3v) is 5.98. The first-order valence-corrected chi connectivity index (χ1v) is 12.0. The van der Waals surface area contributed by atoms with Crippen molar-refractivity contribution in [1.82, 2.24) is 20.5 Å². The van der Waals surface area contributed by atoms with Crippen molar-refractivity contribution in [2.75, 3.05) is 37.6 Å². The number of anilines is 1. The molecule has 0 radical (unpaired) electrons. The summed E-state index contributed by atoms with van der Waals surface area (Å²) in [5, 5.41) is 4.42. The molecule has 0 unspecified atom stereocenters. The third kappa shape index (κ3) is 8.06. The smallest absolute Gasteiger partial charge is 0.353 e. The van der Waals surface area contributed by atoms with E-state index >= 15 is 0 Å². The van der Waals surface area contributed by atoms with Gasteiger partial charge >= 0.3 is 12.1 Å². The molecular formula is C26H30F3N5O3. The van der Waals surface area contributed by atoms with E-state index < -0.39 is 24.0 Å². The van der Waals surface area contributed by atoms with E-state index in [9.17, 15) is 27.6 Å². The molecule has 1 aromatic heterocycles. The Balaban J connectivity index is 1.59. The lowest BCUT2D eigenvalue weighted by molar-refractivity contribution is -0.175. The molecule has 2 aromatic rings. The van der Waals surface area contributed by atoms with Crippen LogP contribution in [0.3, 0.4) is 0 Å². The molecule has 0 bridgehead atoms. The van der Waals surface area contributed by atoms with Gasteiger partial charge in [-0.2, -0.15) is 13.2 Å². The number of rotatable bonds is 10. The average Bonchev–Trinajstić information content (AvgIpc) is 2.91. The van der Waals surface area contributed by atoms with Crippen molar-refractivity contribution in [1.29, 1.82) is 0 Å². The summed E-state index contributed by atoms with van der Waals surface area (Å²) in [4.78, 5) is 44.1. The van der Waals surface area contributed by atoms with Crippen molar-refractivity contribution in [3.63, 3.8) is 0 Å². The van der Waals surface area contributed by atoms with Crippen LogP contribution in [0.4, 0.5) is 19.0 Å². The first kappa shape index (κ1) is 27.7. The summed E-state index contributed by atoms with van der Waals surface area (Å²) in [7, 11) is 0. The number of piperazine rings is 1. The van der Waals surface area contributed by atoms with Crippen molar-refractivity contribution in [2.45, 2.75) is 31.5 Å². The monoisotopic (exact) mass is 517 g/mol. The van der Waals surface area contributed by atoms with Gasteiger partial charge in [-0.3, -0.25) is 14.4 Å². The maximum Gasteiger partial charge on any atom is 0.471 e. The van der Waals surface area contributed by atoms with E-state index in [1.165, 1.54) is 4.90 Å². The minimum absolute atomic E-state index is 0.0193. The van der Waals surface area contributed by atoms with Crippen molar-refractivity contribution < 1.29 is 27.6 Å². The minimum atomic E-state index is -5.09. The molecule has 1 atom stereocenters. The molecule has 37 heavy (non-hydrogen) atoms. The van der Waals surface area contributed by atoms with Crippen LogP contribution in [-0.4, -0.2) is 72.5 Å². The van der Waals surface area contributed by atoms with E-state index in [1.54, 1.807) is 0 Å². The number of nitrogens with zero attached hydrogens (tertiary/aromatic N) is 3. The molecule has 0 aliphatic carbocycles. The summed E-state index contributed by atoms with van der Waals surface area (Å²) in [6, 6.07) is 14.1. The number of halogens is 3. The largest absolute Gasteiger partial charge is 0.471 e. The van der Waals surface area contributed by atoms with E-state index in [-0.39, 0.29) is 32.0 Å². The minimum Gasteiger partial charge on any atom is -0.353 e. The predicted octanol–water partition coefficient (Wildman–Crippen LogP) is 2.92. The zero-order chi connectivity index (χ0) is 26.8. The van der Waals surface area contributed by atoms with Gasteiger partial charge in [0.1, 0.15) is 11.9 Å². The second-order valence-corrected chi connectivity index (χ2v) is 8.57. The number of carbonyl (C=O) groups is 3. The number of amides is 3. The number of nitrogens with one attached hydrogen (secondary N) is 2. The van der Waals surface area contributed by atoms with Gasteiger partial charge in [-0.15, -0.1) is 0 Å². The Kier molecular flexibility index (Phi) is 9.64. The molecular weight excluding hydrogens is 487 g/mol. The highest BCUT2D eigenvalue weighted by atomic mass is 19.4. The number of hydrogen-bond donors (Lipinski definition) is 2. The third-order valence-electron chi connectivity index (χ3n) is 5.98. The van der Waals surface area contributed by atoms with Crippen molar-refractivity contribution >= 4 is 23.5 Å². The molecule has 1 aliphatic rings. The molecule has 1 aromatic carbocycles. The van der Waals surface area contributed by atoms with E-state index in [0.29, 0.717) is 25.9 Å². The lowest BCUT2D eigenvalue weighted by Gasteiger charge is -2.37. The summed E-state index contributed by atoms with van der Waals surface area (Å²) in [5.41, 5.74) is 1.79. The Morgan fingerprint density at radius 1 is 1.00 bits per heavy atom. The number of unbranched alkanes of at least 4 members (excludes halogenated alkanes) is 1. The van der Waals surface area contributed by atoms with Crippen LogP contribution >= 0.6 is 0 Å². The second-order valence-electron chi connectivity index (χ2n) is 8.57. The zero-order valence-corrected chi connectivity index (χ0v) is 20.3. The Hall–Kier alpha value is -3.89. The van der Waals surface area contributed by atoms with Crippen LogP contribution in [0.1, 0.15) is 19.3 Å². The summed E-state index contributed by atoms with van der Waals surface area (Å²) in [6.45, 7) is 5.08. The second kappa shape index (κ2) is 12.9. The highest BCUT2D eigenvalue weighted by Gasteiger charge is 2.41. The summed E-state index contributed by atoms with van der Waals surface area (Å²) in [6.07, 6.45) is -3.19. The molecule has 8 nitrogen and oxygen atoms in total. The van der Waals surface area contributed by atoms with Crippen molar-refractivity contribution in [3.8, 4) is 11.3 Å². The molecule has 198 valence electrons. The molecule has 1 fully saturated rings. The van der Waals surface area contributed by atoms with Gasteiger partial charge < -0.3 is 20.4 Å². The molecule has 2 heterocycles. The summed E-state index contributed by atoms with van der Waals surface area (Å²) >= 11 is 0. The van der Waals surface area contributed by atoms with Crippen LogP contribution in [0.15, 0.2) is 61.2 Å². The van der Waals surface area contributed by atoms with Crippen molar-refractivity contribution in [2.24, 2.45) is 0 Å².